The first kappa shape index (κ1) is 19.4. The van der Waals surface area contributed by atoms with E-state index in [2.05, 4.69) is 4.98 Å². The second-order valence-corrected chi connectivity index (χ2v) is 8.22. The Bertz CT molecular complexity index is 1040. The number of carbonyl (C=O) groups is 2. The maximum absolute atomic E-state index is 12.9. The quantitative estimate of drug-likeness (QED) is 0.353. The van der Waals surface area contributed by atoms with Crippen LogP contribution in [-0.2, 0) is 9.59 Å². The summed E-state index contributed by atoms with van der Waals surface area (Å²) in [6.45, 7) is 2.62. The summed E-state index contributed by atoms with van der Waals surface area (Å²) in [6.07, 6.45) is 2.47. The highest BCUT2D eigenvalue weighted by atomic mass is 32.1. The third kappa shape index (κ3) is 3.56. The Morgan fingerprint density at radius 3 is 2.59 bits per heavy atom. The van der Waals surface area contributed by atoms with Crippen molar-refractivity contribution in [3.05, 3.63) is 69.4 Å². The molecule has 1 atom stereocenters. The van der Waals surface area contributed by atoms with E-state index in [-0.39, 0.29) is 11.3 Å². The number of hydrogen-bond donors (Lipinski definition) is 1. The topological polar surface area (TPSA) is 79.7 Å². The lowest BCUT2D eigenvalue weighted by Gasteiger charge is -2.21. The molecule has 2 aromatic heterocycles. The van der Waals surface area contributed by atoms with Gasteiger partial charge in [0, 0.05) is 22.0 Å². The lowest BCUT2D eigenvalue weighted by atomic mass is 10.00. The van der Waals surface area contributed by atoms with Gasteiger partial charge in [-0.05, 0) is 42.1 Å². The number of aliphatic hydroxyl groups excluding tert-OH is 1. The van der Waals surface area contributed by atoms with E-state index in [1.54, 1.807) is 35.8 Å². The molecule has 1 unspecified atom stereocenters. The van der Waals surface area contributed by atoms with Crippen molar-refractivity contribution in [3.63, 3.8) is 0 Å². The molecule has 0 bridgehead atoms. The van der Waals surface area contributed by atoms with Crippen molar-refractivity contribution in [3.8, 4) is 5.75 Å². The Labute approximate surface area is 175 Å². The maximum atomic E-state index is 12.9. The van der Waals surface area contributed by atoms with Crippen molar-refractivity contribution in [1.82, 2.24) is 4.98 Å². The number of ether oxygens (including phenoxy) is 1. The molecule has 4 rings (SSSR count). The average molecular weight is 427 g/mol. The number of thiazole rings is 1. The third-order valence-electron chi connectivity index (χ3n) is 4.48. The molecule has 148 valence electrons. The summed E-state index contributed by atoms with van der Waals surface area (Å²) < 4.78 is 5.57. The van der Waals surface area contributed by atoms with Crippen molar-refractivity contribution in [1.29, 1.82) is 0 Å². The van der Waals surface area contributed by atoms with Crippen LogP contribution in [-0.4, -0.2) is 28.4 Å². The lowest BCUT2D eigenvalue weighted by Crippen LogP contribution is -2.28. The van der Waals surface area contributed by atoms with Crippen LogP contribution in [0.2, 0.25) is 0 Å². The normalized spacial score (nSPS) is 18.4. The van der Waals surface area contributed by atoms with Gasteiger partial charge in [0.05, 0.1) is 12.2 Å². The van der Waals surface area contributed by atoms with Gasteiger partial charge in [-0.3, -0.25) is 14.5 Å². The van der Waals surface area contributed by atoms with E-state index in [0.29, 0.717) is 23.1 Å². The van der Waals surface area contributed by atoms with Gasteiger partial charge in [-0.15, -0.1) is 22.7 Å². The van der Waals surface area contributed by atoms with Crippen LogP contribution in [0.1, 0.15) is 29.8 Å². The Kier molecular flexibility index (Phi) is 5.46. The summed E-state index contributed by atoms with van der Waals surface area (Å²) in [4.78, 5) is 32.0. The van der Waals surface area contributed by atoms with E-state index in [1.807, 2.05) is 24.4 Å². The monoisotopic (exact) mass is 426 g/mol. The Balaban J connectivity index is 1.79. The summed E-state index contributed by atoms with van der Waals surface area (Å²) in [6, 6.07) is 9.82. The second kappa shape index (κ2) is 8.18. The molecule has 1 aliphatic heterocycles. The molecule has 1 N–H and O–H groups in total. The predicted molar refractivity (Wildman–Crippen MR) is 113 cm³/mol. The van der Waals surface area contributed by atoms with Crippen LogP contribution in [0.25, 0.3) is 5.76 Å². The number of anilines is 1. The van der Waals surface area contributed by atoms with Gasteiger partial charge in [0.2, 0.25) is 0 Å². The number of hydrogen-bond acceptors (Lipinski definition) is 7. The minimum Gasteiger partial charge on any atom is -0.507 e. The highest BCUT2D eigenvalue weighted by Gasteiger charge is 2.48. The highest BCUT2D eigenvalue weighted by Crippen LogP contribution is 2.44. The molecular weight excluding hydrogens is 408 g/mol. The maximum Gasteiger partial charge on any atom is 0.301 e. The van der Waals surface area contributed by atoms with Crippen molar-refractivity contribution in [2.45, 2.75) is 19.4 Å². The van der Waals surface area contributed by atoms with Gasteiger partial charge in [0.1, 0.15) is 17.6 Å². The molecule has 6 nitrogen and oxygen atoms in total. The largest absolute Gasteiger partial charge is 0.507 e. The molecule has 0 saturated carbocycles. The Hall–Kier alpha value is -2.97. The summed E-state index contributed by atoms with van der Waals surface area (Å²) in [5.41, 5.74) is 0.516. The minimum atomic E-state index is -0.720. The number of carbonyl (C=O) groups excluding carboxylic acids is 2. The Morgan fingerprint density at radius 2 is 1.97 bits per heavy atom. The van der Waals surface area contributed by atoms with Crippen LogP contribution in [0.3, 0.4) is 0 Å². The molecule has 29 heavy (non-hydrogen) atoms. The summed E-state index contributed by atoms with van der Waals surface area (Å²) in [5.74, 6) is -0.936. The second-order valence-electron chi connectivity index (χ2n) is 6.37. The molecule has 0 radical (unpaired) electrons. The first-order chi connectivity index (χ1) is 14.1. The van der Waals surface area contributed by atoms with Gasteiger partial charge >= 0.3 is 5.91 Å². The van der Waals surface area contributed by atoms with Crippen LogP contribution in [0.5, 0.6) is 5.75 Å². The van der Waals surface area contributed by atoms with Crippen LogP contribution in [0.15, 0.2) is 58.9 Å². The number of ketones is 1. The van der Waals surface area contributed by atoms with Crippen LogP contribution >= 0.6 is 22.7 Å². The van der Waals surface area contributed by atoms with Crippen LogP contribution in [0.4, 0.5) is 5.13 Å². The fourth-order valence-electron chi connectivity index (χ4n) is 3.17. The molecule has 1 fully saturated rings. The molecule has 3 heterocycles. The number of benzene rings is 1. The van der Waals surface area contributed by atoms with E-state index in [4.69, 9.17) is 4.74 Å². The van der Waals surface area contributed by atoms with Crippen molar-refractivity contribution < 1.29 is 19.4 Å². The standard InChI is InChI=1S/C21H18N2O4S2/c1-2-10-27-14-7-5-13(6-8-14)18(24)16-17(15-4-3-11-28-15)23(20(26)19(16)25)21-22-9-12-29-21/h3-9,11-12,17,24H,2,10H2,1H3/b18-16+. The highest BCUT2D eigenvalue weighted by molar-refractivity contribution is 7.14. The van der Waals surface area contributed by atoms with E-state index in [0.717, 1.165) is 11.3 Å². The van der Waals surface area contributed by atoms with E-state index < -0.39 is 17.7 Å². The van der Waals surface area contributed by atoms with Gasteiger partial charge < -0.3 is 9.84 Å². The number of Topliss-reactive ketones (excluding diaryl/α,β-unsaturated/α-hetero) is 1. The van der Waals surface area contributed by atoms with Crippen molar-refractivity contribution in [2.75, 3.05) is 11.5 Å². The summed E-state index contributed by atoms with van der Waals surface area (Å²) in [7, 11) is 0. The SMILES string of the molecule is CCCOc1ccc(/C(O)=C2\C(=O)C(=O)N(c3nccs3)C2c2cccs2)cc1. The van der Waals surface area contributed by atoms with Gasteiger partial charge in [0.25, 0.3) is 5.78 Å². The zero-order valence-corrected chi connectivity index (χ0v) is 17.2. The zero-order chi connectivity index (χ0) is 20.4. The predicted octanol–water partition coefficient (Wildman–Crippen LogP) is 4.62. The fraction of sp³-hybridized carbons (Fsp3) is 0.190. The first-order valence-corrected chi connectivity index (χ1v) is 10.8. The first-order valence-electron chi connectivity index (χ1n) is 9.09. The van der Waals surface area contributed by atoms with Crippen LogP contribution in [0, 0.1) is 0 Å². The summed E-state index contributed by atoms with van der Waals surface area (Å²) >= 11 is 2.69. The molecule has 0 spiro atoms. The molecule has 0 aliphatic carbocycles. The number of aliphatic hydroxyl groups is 1. The fourth-order valence-corrected chi connectivity index (χ4v) is 4.66. The van der Waals surface area contributed by atoms with Crippen molar-refractivity contribution >= 4 is 45.3 Å². The molecular formula is C21H18N2O4S2. The van der Waals surface area contributed by atoms with Gasteiger partial charge in [-0.1, -0.05) is 13.0 Å². The Morgan fingerprint density at radius 1 is 1.17 bits per heavy atom. The number of amides is 1. The van der Waals surface area contributed by atoms with Gasteiger partial charge in [0.15, 0.2) is 5.13 Å². The van der Waals surface area contributed by atoms with E-state index in [9.17, 15) is 14.7 Å². The molecule has 1 aliphatic rings. The average Bonchev–Trinajstić information content (AvgIpc) is 3.48. The minimum absolute atomic E-state index is 0.0647. The van der Waals surface area contributed by atoms with Gasteiger partial charge in [-0.25, -0.2) is 4.98 Å². The molecule has 1 amide bonds. The number of nitrogens with zero attached hydrogens (tertiary/aromatic N) is 2. The van der Waals surface area contributed by atoms with E-state index >= 15 is 0 Å². The van der Waals surface area contributed by atoms with Crippen molar-refractivity contribution in [2.24, 2.45) is 0 Å². The van der Waals surface area contributed by atoms with E-state index in [1.165, 1.54) is 27.6 Å². The lowest BCUT2D eigenvalue weighted by molar-refractivity contribution is -0.132. The molecule has 1 saturated heterocycles. The molecule has 3 aromatic rings. The molecule has 1 aromatic carbocycles. The molecule has 8 heteroatoms. The zero-order valence-electron chi connectivity index (χ0n) is 15.6. The van der Waals surface area contributed by atoms with Crippen LogP contribution < -0.4 is 9.64 Å². The third-order valence-corrected chi connectivity index (χ3v) is 6.18. The number of thiophene rings is 1. The van der Waals surface area contributed by atoms with Gasteiger partial charge in [-0.2, -0.15) is 0 Å². The number of aromatic nitrogens is 1. The smallest absolute Gasteiger partial charge is 0.301 e. The number of rotatable bonds is 6. The summed E-state index contributed by atoms with van der Waals surface area (Å²) in [5, 5.41) is 15.0.